The van der Waals surface area contributed by atoms with E-state index in [9.17, 15) is 8.78 Å². The van der Waals surface area contributed by atoms with Crippen molar-refractivity contribution in [2.45, 2.75) is 25.3 Å². The lowest BCUT2D eigenvalue weighted by Crippen LogP contribution is -2.35. The van der Waals surface area contributed by atoms with Crippen molar-refractivity contribution in [2.24, 2.45) is 0 Å². The van der Waals surface area contributed by atoms with Crippen molar-refractivity contribution in [1.29, 1.82) is 0 Å². The molecular formula is C20H20ClF2N. The van der Waals surface area contributed by atoms with Crippen LogP contribution in [-0.2, 0) is 0 Å². The molecule has 1 atom stereocenters. The van der Waals surface area contributed by atoms with Crippen molar-refractivity contribution in [3.63, 3.8) is 0 Å². The van der Waals surface area contributed by atoms with E-state index in [1.165, 1.54) is 29.8 Å². The molecule has 1 saturated heterocycles. The van der Waals surface area contributed by atoms with E-state index < -0.39 is 0 Å². The van der Waals surface area contributed by atoms with Crippen LogP contribution in [0.1, 0.15) is 30.9 Å². The number of benzene rings is 2. The van der Waals surface area contributed by atoms with Crippen molar-refractivity contribution in [2.75, 3.05) is 13.1 Å². The normalized spacial score (nSPS) is 16.9. The summed E-state index contributed by atoms with van der Waals surface area (Å²) in [7, 11) is 0. The highest BCUT2D eigenvalue weighted by Crippen LogP contribution is 2.33. The maximum atomic E-state index is 13.3. The summed E-state index contributed by atoms with van der Waals surface area (Å²) in [5, 5.41) is 0. The number of hydrogen-bond donors (Lipinski definition) is 0. The molecule has 1 nitrogen and oxygen atoms in total. The van der Waals surface area contributed by atoms with Gasteiger partial charge in [-0.1, -0.05) is 29.8 Å². The molecule has 1 heterocycles. The van der Waals surface area contributed by atoms with Gasteiger partial charge in [0, 0.05) is 13.1 Å². The Labute approximate surface area is 146 Å². The molecule has 0 aromatic heterocycles. The van der Waals surface area contributed by atoms with Crippen LogP contribution in [0.4, 0.5) is 8.78 Å². The van der Waals surface area contributed by atoms with E-state index >= 15 is 0 Å². The van der Waals surface area contributed by atoms with Crippen molar-refractivity contribution >= 4 is 17.2 Å². The molecule has 1 fully saturated rings. The molecule has 0 spiro atoms. The Morgan fingerprint density at radius 3 is 1.67 bits per heavy atom. The fourth-order valence-electron chi connectivity index (χ4n) is 3.21. The second kappa shape index (κ2) is 7.45. The Bertz CT molecular complexity index is 663. The molecule has 1 unspecified atom stereocenters. The third-order valence-corrected chi connectivity index (χ3v) is 4.80. The predicted molar refractivity (Wildman–Crippen MR) is 94.9 cm³/mol. The quantitative estimate of drug-likeness (QED) is 0.527. The lowest BCUT2D eigenvalue weighted by molar-refractivity contribution is 0.246. The molecule has 3 rings (SSSR count). The second-order valence-corrected chi connectivity index (χ2v) is 6.73. The number of halogens is 3. The van der Waals surface area contributed by atoms with Gasteiger partial charge in [0.25, 0.3) is 0 Å². The molecule has 24 heavy (non-hydrogen) atoms. The molecule has 2 aromatic rings. The van der Waals surface area contributed by atoms with Crippen LogP contribution < -0.4 is 0 Å². The maximum absolute atomic E-state index is 13.3. The van der Waals surface area contributed by atoms with E-state index in [-0.39, 0.29) is 17.1 Å². The number of likely N-dealkylation sites (tertiary alicyclic amines) is 1. The Morgan fingerprint density at radius 2 is 1.29 bits per heavy atom. The van der Waals surface area contributed by atoms with E-state index in [0.717, 1.165) is 42.6 Å². The third kappa shape index (κ3) is 3.85. The molecule has 0 N–H and O–H groups in total. The molecule has 0 bridgehead atoms. The lowest BCUT2D eigenvalue weighted by Gasteiger charge is -2.31. The molecule has 4 heteroatoms. The molecular weight excluding hydrogens is 328 g/mol. The molecule has 0 amide bonds. The SMILES string of the molecule is CC(Cl)N1CCC(=C(c2ccc(F)cc2)c2ccc(F)cc2)CC1. The maximum Gasteiger partial charge on any atom is 0.123 e. The zero-order valence-corrected chi connectivity index (χ0v) is 14.4. The van der Waals surface area contributed by atoms with Crippen LogP contribution in [0.15, 0.2) is 54.1 Å². The van der Waals surface area contributed by atoms with Crippen molar-refractivity contribution < 1.29 is 8.78 Å². The first-order valence-electron chi connectivity index (χ1n) is 8.16. The summed E-state index contributed by atoms with van der Waals surface area (Å²) in [6.45, 7) is 3.77. The van der Waals surface area contributed by atoms with Crippen LogP contribution in [-0.4, -0.2) is 23.5 Å². The first kappa shape index (κ1) is 17.1. The zero-order chi connectivity index (χ0) is 17.1. The zero-order valence-electron chi connectivity index (χ0n) is 13.6. The average molecular weight is 348 g/mol. The van der Waals surface area contributed by atoms with E-state index in [2.05, 4.69) is 4.90 Å². The molecule has 0 radical (unpaired) electrons. The van der Waals surface area contributed by atoms with Crippen molar-refractivity contribution in [3.05, 3.63) is 76.9 Å². The highest BCUT2D eigenvalue weighted by atomic mass is 35.5. The standard InChI is InChI=1S/C20H20ClF2N/c1-14(21)24-12-10-17(11-13-24)20(15-2-6-18(22)7-3-15)16-4-8-19(23)9-5-16/h2-9,14H,10-13H2,1H3. The first-order valence-corrected chi connectivity index (χ1v) is 8.60. The van der Waals surface area contributed by atoms with Crippen LogP contribution in [0, 0.1) is 11.6 Å². The minimum Gasteiger partial charge on any atom is -0.287 e. The Balaban J connectivity index is 2.00. The number of alkyl halides is 1. The smallest absolute Gasteiger partial charge is 0.123 e. The molecule has 0 saturated carbocycles. The van der Waals surface area contributed by atoms with Crippen molar-refractivity contribution in [1.82, 2.24) is 4.90 Å². The predicted octanol–water partition coefficient (Wildman–Crippen LogP) is 5.45. The summed E-state index contributed by atoms with van der Waals surface area (Å²) in [6.07, 6.45) is 1.81. The second-order valence-electron chi connectivity index (χ2n) is 6.10. The summed E-state index contributed by atoms with van der Waals surface area (Å²) in [5.74, 6) is -0.513. The molecule has 2 aromatic carbocycles. The van der Waals surface area contributed by atoms with Gasteiger partial charge in [0.15, 0.2) is 0 Å². The number of rotatable bonds is 3. The summed E-state index contributed by atoms with van der Waals surface area (Å²) < 4.78 is 26.6. The number of hydrogen-bond acceptors (Lipinski definition) is 1. The van der Waals surface area contributed by atoms with Crippen LogP contribution in [0.5, 0.6) is 0 Å². The average Bonchev–Trinajstić information content (AvgIpc) is 2.59. The van der Waals surface area contributed by atoms with Gasteiger partial charge < -0.3 is 0 Å². The van der Waals surface area contributed by atoms with Crippen LogP contribution in [0.3, 0.4) is 0 Å². The summed E-state index contributed by atoms with van der Waals surface area (Å²) in [5.41, 5.74) is 4.33. The fourth-order valence-corrected chi connectivity index (χ4v) is 3.40. The topological polar surface area (TPSA) is 3.24 Å². The Morgan fingerprint density at radius 1 is 0.875 bits per heavy atom. The van der Waals surface area contributed by atoms with Gasteiger partial charge in [0.1, 0.15) is 11.6 Å². The largest absolute Gasteiger partial charge is 0.287 e. The van der Waals surface area contributed by atoms with Gasteiger partial charge in [-0.25, -0.2) is 8.78 Å². The summed E-state index contributed by atoms with van der Waals surface area (Å²) >= 11 is 6.18. The first-order chi connectivity index (χ1) is 11.5. The van der Waals surface area contributed by atoms with Gasteiger partial charge in [-0.3, -0.25) is 4.90 Å². The Hall–Kier alpha value is -1.71. The number of piperidine rings is 1. The fraction of sp³-hybridized carbons (Fsp3) is 0.300. The van der Waals surface area contributed by atoms with Crippen LogP contribution >= 0.6 is 11.6 Å². The molecule has 0 aliphatic carbocycles. The lowest BCUT2D eigenvalue weighted by atomic mass is 9.88. The Kier molecular flexibility index (Phi) is 5.32. The van der Waals surface area contributed by atoms with Gasteiger partial charge in [0.05, 0.1) is 5.50 Å². The van der Waals surface area contributed by atoms with E-state index in [0.29, 0.717) is 0 Å². The van der Waals surface area contributed by atoms with E-state index in [1.54, 1.807) is 24.3 Å². The monoisotopic (exact) mass is 347 g/mol. The minimum atomic E-state index is -0.256. The summed E-state index contributed by atoms with van der Waals surface area (Å²) in [4.78, 5) is 2.23. The minimum absolute atomic E-state index is 0.0200. The number of nitrogens with zero attached hydrogens (tertiary/aromatic N) is 1. The van der Waals surface area contributed by atoms with Crippen molar-refractivity contribution in [3.8, 4) is 0 Å². The van der Waals surface area contributed by atoms with Gasteiger partial charge in [0.2, 0.25) is 0 Å². The highest BCUT2D eigenvalue weighted by molar-refractivity contribution is 6.20. The molecule has 1 aliphatic heterocycles. The van der Waals surface area contributed by atoms with Gasteiger partial charge in [-0.05, 0) is 60.7 Å². The third-order valence-electron chi connectivity index (χ3n) is 4.52. The summed E-state index contributed by atoms with van der Waals surface area (Å²) in [6, 6.07) is 13.0. The molecule has 1 aliphatic rings. The van der Waals surface area contributed by atoms with Crippen LogP contribution in [0.25, 0.3) is 5.57 Å². The van der Waals surface area contributed by atoms with E-state index in [4.69, 9.17) is 11.6 Å². The van der Waals surface area contributed by atoms with Crippen LogP contribution in [0.2, 0.25) is 0 Å². The van der Waals surface area contributed by atoms with E-state index in [1.807, 2.05) is 6.92 Å². The van der Waals surface area contributed by atoms with Gasteiger partial charge >= 0.3 is 0 Å². The molecule has 126 valence electrons. The van der Waals surface area contributed by atoms with Gasteiger partial charge in [-0.15, -0.1) is 11.6 Å². The van der Waals surface area contributed by atoms with Gasteiger partial charge in [-0.2, -0.15) is 0 Å². The highest BCUT2D eigenvalue weighted by Gasteiger charge is 2.21.